The van der Waals surface area contributed by atoms with Gasteiger partial charge >= 0.3 is 0 Å². The van der Waals surface area contributed by atoms with Gasteiger partial charge in [0.1, 0.15) is 11.6 Å². The third-order valence-corrected chi connectivity index (χ3v) is 8.34. The van der Waals surface area contributed by atoms with E-state index in [0.717, 1.165) is 64.2 Å². The maximum atomic E-state index is 13.3. The van der Waals surface area contributed by atoms with Crippen LogP contribution < -0.4 is 5.32 Å². The number of fused-ring (bicyclic) bond motifs is 1. The van der Waals surface area contributed by atoms with Crippen LogP contribution in [0.4, 0.5) is 8.78 Å². The van der Waals surface area contributed by atoms with Crippen molar-refractivity contribution in [3.8, 4) is 0 Å². The number of halogens is 2. The molecule has 1 unspecified atom stereocenters. The summed E-state index contributed by atoms with van der Waals surface area (Å²) in [6, 6.07) is 3.20. The lowest BCUT2D eigenvalue weighted by Crippen LogP contribution is -2.48. The van der Waals surface area contributed by atoms with Crippen LogP contribution in [0.15, 0.2) is 47.7 Å². The Labute approximate surface area is 206 Å². The van der Waals surface area contributed by atoms with Crippen molar-refractivity contribution in [2.24, 2.45) is 11.3 Å². The highest BCUT2D eigenvalue weighted by Gasteiger charge is 2.42. The monoisotopic (exact) mass is 483 g/mol. The summed E-state index contributed by atoms with van der Waals surface area (Å²) in [6.45, 7) is 4.92. The van der Waals surface area contributed by atoms with Gasteiger partial charge in [0.2, 0.25) is 5.91 Å². The topological polar surface area (TPSA) is 55.8 Å². The van der Waals surface area contributed by atoms with Crippen LogP contribution in [-0.2, 0) is 4.79 Å². The van der Waals surface area contributed by atoms with E-state index >= 15 is 0 Å². The number of β-amino-alcohol motifs (C(OH)–C–C–N with tert-alkyl or cyclic N) is 1. The van der Waals surface area contributed by atoms with Crippen molar-refractivity contribution in [1.82, 2.24) is 15.1 Å². The summed E-state index contributed by atoms with van der Waals surface area (Å²) in [5.41, 5.74) is 3.56. The zero-order valence-electron chi connectivity index (χ0n) is 20.2. The normalized spacial score (nSPS) is 23.7. The number of aliphatic hydroxyl groups is 1. The molecule has 5 nitrogen and oxygen atoms in total. The summed E-state index contributed by atoms with van der Waals surface area (Å²) in [5, 5.41) is 14.6. The van der Waals surface area contributed by atoms with Crippen LogP contribution in [0.5, 0.6) is 0 Å². The van der Waals surface area contributed by atoms with Crippen molar-refractivity contribution in [3.05, 3.63) is 64.9 Å². The van der Waals surface area contributed by atoms with Gasteiger partial charge in [-0.2, -0.15) is 0 Å². The van der Waals surface area contributed by atoms with Crippen molar-refractivity contribution >= 4 is 12.0 Å². The van der Waals surface area contributed by atoms with E-state index in [-0.39, 0.29) is 17.2 Å². The highest BCUT2D eigenvalue weighted by molar-refractivity contribution is 5.91. The Bertz CT molecular complexity index is 1010. The first-order chi connectivity index (χ1) is 16.9. The van der Waals surface area contributed by atoms with Crippen molar-refractivity contribution in [3.63, 3.8) is 0 Å². The minimum absolute atomic E-state index is 0.167. The molecule has 2 N–H and O–H groups in total. The minimum Gasteiger partial charge on any atom is -0.392 e. The molecule has 7 heteroatoms. The van der Waals surface area contributed by atoms with Crippen molar-refractivity contribution in [2.45, 2.75) is 44.6 Å². The van der Waals surface area contributed by atoms with Crippen LogP contribution in [0.3, 0.4) is 0 Å². The van der Waals surface area contributed by atoms with Gasteiger partial charge in [-0.25, -0.2) is 8.78 Å². The van der Waals surface area contributed by atoms with Gasteiger partial charge in [0, 0.05) is 49.4 Å². The third kappa shape index (κ3) is 5.36. The number of nitrogens with one attached hydrogen (secondary N) is 1. The first kappa shape index (κ1) is 24.2. The number of carbonyl (C=O) groups is 1. The number of hydrogen-bond acceptors (Lipinski definition) is 4. The summed E-state index contributed by atoms with van der Waals surface area (Å²) >= 11 is 0. The number of piperidine rings is 2. The molecule has 0 saturated carbocycles. The molecular formula is C28H35F2N3O2. The Morgan fingerprint density at radius 3 is 2.57 bits per heavy atom. The molecule has 2 saturated heterocycles. The number of carbonyl (C=O) groups excluding carboxylic acids is 1. The molecule has 0 radical (unpaired) electrons. The lowest BCUT2D eigenvalue weighted by molar-refractivity contribution is -0.128. The number of likely N-dealkylation sites (tertiary alicyclic amines) is 2. The van der Waals surface area contributed by atoms with Gasteiger partial charge in [-0.05, 0) is 86.9 Å². The molecule has 2 fully saturated rings. The Morgan fingerprint density at radius 2 is 1.86 bits per heavy atom. The van der Waals surface area contributed by atoms with Crippen molar-refractivity contribution in [1.29, 1.82) is 0 Å². The van der Waals surface area contributed by atoms with Crippen LogP contribution >= 0.6 is 0 Å². The molecule has 1 spiro atoms. The number of amides is 1. The number of nitrogens with zero attached hydrogens (tertiary/aromatic N) is 2. The molecule has 1 aromatic rings. The highest BCUT2D eigenvalue weighted by atomic mass is 19.1. The fourth-order valence-corrected chi connectivity index (χ4v) is 6.19. The van der Waals surface area contributed by atoms with E-state index in [9.17, 15) is 18.7 Å². The number of allylic oxidation sites excluding steroid dienone is 3. The SMILES string of the molecule is O=C(/C=C/c1cc(F)cc(F)c1)N1CCC(C(O)CN2CCC3(CC2)CNC2=C3C=CCC2)CC1. The molecule has 1 amide bonds. The Balaban J connectivity index is 1.07. The lowest BCUT2D eigenvalue weighted by atomic mass is 9.72. The van der Waals surface area contributed by atoms with Crippen LogP contribution in [0, 0.1) is 23.0 Å². The zero-order chi connectivity index (χ0) is 24.4. The molecule has 5 rings (SSSR count). The largest absolute Gasteiger partial charge is 0.392 e. The van der Waals surface area contributed by atoms with Crippen LogP contribution in [0.1, 0.15) is 44.1 Å². The maximum absolute atomic E-state index is 13.3. The molecule has 3 aliphatic heterocycles. The quantitative estimate of drug-likeness (QED) is 0.625. The Morgan fingerprint density at radius 1 is 1.14 bits per heavy atom. The van der Waals surface area contributed by atoms with E-state index in [1.807, 2.05) is 0 Å². The average molecular weight is 484 g/mol. The van der Waals surface area contributed by atoms with E-state index in [0.29, 0.717) is 25.2 Å². The summed E-state index contributed by atoms with van der Waals surface area (Å²) in [6.07, 6.45) is 13.1. The molecule has 4 aliphatic rings. The van der Waals surface area contributed by atoms with E-state index < -0.39 is 17.7 Å². The third-order valence-electron chi connectivity index (χ3n) is 8.34. The number of aliphatic hydroxyl groups excluding tert-OH is 1. The smallest absolute Gasteiger partial charge is 0.246 e. The van der Waals surface area contributed by atoms with E-state index in [2.05, 4.69) is 22.4 Å². The number of hydrogen-bond donors (Lipinski definition) is 2. The number of benzene rings is 1. The van der Waals surface area contributed by atoms with Gasteiger partial charge in [0.15, 0.2) is 0 Å². The van der Waals surface area contributed by atoms with Gasteiger partial charge in [0.05, 0.1) is 6.10 Å². The van der Waals surface area contributed by atoms with Crippen molar-refractivity contribution in [2.75, 3.05) is 39.3 Å². The van der Waals surface area contributed by atoms with Crippen molar-refractivity contribution < 1.29 is 18.7 Å². The fraction of sp³-hybridized carbons (Fsp3) is 0.536. The molecule has 0 bridgehead atoms. The van der Waals surface area contributed by atoms with Crippen LogP contribution in [0.2, 0.25) is 0 Å². The minimum atomic E-state index is -0.664. The second kappa shape index (κ2) is 10.2. The molecule has 1 aromatic carbocycles. The first-order valence-electron chi connectivity index (χ1n) is 12.9. The molecule has 1 atom stereocenters. The van der Waals surface area contributed by atoms with Gasteiger partial charge in [-0.1, -0.05) is 12.2 Å². The molecule has 1 aliphatic carbocycles. The predicted octanol–water partition coefficient (Wildman–Crippen LogP) is 3.87. The second-order valence-corrected chi connectivity index (χ2v) is 10.5. The Hall–Kier alpha value is -2.51. The van der Waals surface area contributed by atoms with Crippen LogP contribution in [-0.4, -0.2) is 66.2 Å². The van der Waals surface area contributed by atoms with E-state index in [1.54, 1.807) is 4.90 Å². The maximum Gasteiger partial charge on any atom is 0.246 e. The van der Waals surface area contributed by atoms with Crippen LogP contribution in [0.25, 0.3) is 6.08 Å². The average Bonchev–Trinajstić information content (AvgIpc) is 3.22. The van der Waals surface area contributed by atoms with E-state index in [1.165, 1.54) is 35.6 Å². The lowest BCUT2D eigenvalue weighted by Gasteiger charge is -2.42. The number of rotatable bonds is 5. The summed E-state index contributed by atoms with van der Waals surface area (Å²) in [4.78, 5) is 16.7. The summed E-state index contributed by atoms with van der Waals surface area (Å²) in [5.74, 6) is -1.31. The van der Waals surface area contributed by atoms with Gasteiger partial charge in [-0.15, -0.1) is 0 Å². The van der Waals surface area contributed by atoms with Gasteiger partial charge in [-0.3, -0.25) is 4.79 Å². The summed E-state index contributed by atoms with van der Waals surface area (Å²) < 4.78 is 26.7. The second-order valence-electron chi connectivity index (χ2n) is 10.5. The first-order valence-corrected chi connectivity index (χ1v) is 12.9. The molecule has 188 valence electrons. The highest BCUT2D eigenvalue weighted by Crippen LogP contribution is 2.45. The molecule has 35 heavy (non-hydrogen) atoms. The molecular weight excluding hydrogens is 448 g/mol. The Kier molecular flexibility index (Phi) is 7.07. The standard InChI is InChI=1S/C28H35F2N3O2/c29-22-15-20(16-23(30)17-22)5-6-27(35)33-11-7-21(8-12-33)26(34)18-32-13-9-28(10-14-32)19-31-25-4-2-1-3-24(25)28/h1,3,5-6,15-17,21,26,31,34H,2,4,7-14,18-19H2/b6-5+. The predicted molar refractivity (Wildman–Crippen MR) is 132 cm³/mol. The van der Waals surface area contributed by atoms with Gasteiger partial charge < -0.3 is 20.2 Å². The molecule has 3 heterocycles. The zero-order valence-corrected chi connectivity index (χ0v) is 20.2. The van der Waals surface area contributed by atoms with Gasteiger partial charge in [0.25, 0.3) is 0 Å². The molecule has 0 aromatic heterocycles. The van der Waals surface area contributed by atoms with E-state index in [4.69, 9.17) is 0 Å². The fourth-order valence-electron chi connectivity index (χ4n) is 6.19. The summed E-state index contributed by atoms with van der Waals surface area (Å²) in [7, 11) is 0.